The Morgan fingerprint density at radius 3 is 1.80 bits per heavy atom. The van der Waals surface area contributed by atoms with Crippen LogP contribution in [0.15, 0.2) is 211 Å². The minimum absolute atomic E-state index is 0.865. The zero-order chi connectivity index (χ0) is 36.6. The minimum Gasteiger partial charge on any atom is -0.284 e. The Hall–Kier alpha value is -7.43. The van der Waals surface area contributed by atoms with Crippen LogP contribution in [0, 0.1) is 0 Å². The molecule has 3 aromatic heterocycles. The second kappa shape index (κ2) is 13.8. The molecule has 0 bridgehead atoms. The quantitative estimate of drug-likeness (QED) is 0.173. The van der Waals surface area contributed by atoms with Crippen LogP contribution in [0.2, 0.25) is 0 Å². The summed E-state index contributed by atoms with van der Waals surface area (Å²) in [7, 11) is 0. The number of aliphatic imine (C=N–C) groups is 1. The van der Waals surface area contributed by atoms with Gasteiger partial charge in [0, 0.05) is 33.7 Å². The SMILES string of the molecule is C1=CC(c2ccc(-c3ccc(-c4nc5c(nc6ccccn65)c5ccccc45)cc3)cc2)=N/C(c2ccccc2)=C\C(c2cccc(-c3ccccc3)c2)=C1. The fraction of sp³-hybridized carbons (Fsp3) is 0. The summed E-state index contributed by atoms with van der Waals surface area (Å²) < 4.78 is 2.06. The lowest BCUT2D eigenvalue weighted by Gasteiger charge is -2.13. The summed E-state index contributed by atoms with van der Waals surface area (Å²) in [6.07, 6.45) is 10.6. The number of benzene rings is 6. The third-order valence-corrected chi connectivity index (χ3v) is 10.3. The number of fused-ring (bicyclic) bond motifs is 5. The Morgan fingerprint density at radius 2 is 1.04 bits per heavy atom. The van der Waals surface area contributed by atoms with E-state index in [1.807, 2.05) is 30.5 Å². The van der Waals surface area contributed by atoms with Crippen molar-refractivity contribution in [3.63, 3.8) is 0 Å². The molecule has 4 heterocycles. The van der Waals surface area contributed by atoms with Gasteiger partial charge >= 0.3 is 0 Å². The maximum absolute atomic E-state index is 5.28. The minimum atomic E-state index is 0.865. The van der Waals surface area contributed by atoms with Crippen LogP contribution < -0.4 is 0 Å². The number of hydrogen-bond donors (Lipinski definition) is 0. The normalized spacial score (nSPS) is 13.9. The van der Waals surface area contributed by atoms with Gasteiger partial charge in [0.25, 0.3) is 0 Å². The summed E-state index contributed by atoms with van der Waals surface area (Å²) in [5, 5.41) is 2.20. The summed E-state index contributed by atoms with van der Waals surface area (Å²) in [6, 6.07) is 61.5. The van der Waals surface area contributed by atoms with E-state index >= 15 is 0 Å². The molecule has 55 heavy (non-hydrogen) atoms. The highest BCUT2D eigenvalue weighted by Crippen LogP contribution is 2.34. The largest absolute Gasteiger partial charge is 0.284 e. The second-order valence-corrected chi connectivity index (χ2v) is 13.7. The Kier molecular flexibility index (Phi) is 8.12. The number of pyridine rings is 2. The van der Waals surface area contributed by atoms with Crippen LogP contribution in [-0.2, 0) is 0 Å². The summed E-state index contributed by atoms with van der Waals surface area (Å²) in [4.78, 5) is 15.4. The Labute approximate surface area is 319 Å². The van der Waals surface area contributed by atoms with Crippen LogP contribution in [0.5, 0.6) is 0 Å². The van der Waals surface area contributed by atoms with Gasteiger partial charge in [0.2, 0.25) is 0 Å². The highest BCUT2D eigenvalue weighted by molar-refractivity contribution is 6.12. The average Bonchev–Trinajstić information content (AvgIpc) is 3.63. The summed E-state index contributed by atoms with van der Waals surface area (Å²) >= 11 is 0. The van der Waals surface area contributed by atoms with E-state index < -0.39 is 0 Å². The average molecular weight is 703 g/mol. The van der Waals surface area contributed by atoms with Crippen LogP contribution in [0.4, 0.5) is 0 Å². The van der Waals surface area contributed by atoms with Gasteiger partial charge in [0.05, 0.1) is 17.1 Å². The molecule has 10 rings (SSSR count). The maximum atomic E-state index is 5.28. The Bertz CT molecular complexity index is 2990. The lowest BCUT2D eigenvalue weighted by Crippen LogP contribution is -2.00. The van der Waals surface area contributed by atoms with Gasteiger partial charge in [-0.1, -0.05) is 170 Å². The molecule has 0 atom stereocenters. The van der Waals surface area contributed by atoms with Crippen molar-refractivity contribution in [3.8, 4) is 33.5 Å². The first-order valence-electron chi connectivity index (χ1n) is 18.5. The van der Waals surface area contributed by atoms with Gasteiger partial charge < -0.3 is 0 Å². The standard InChI is InChI=1S/C51H34N4/c1-3-13-35(14-4-1)41-17-11-18-42(33-41)43-19-12-22-46(52-47(34-43)38-15-5-2-6-16-38)39-28-24-36(25-29-39)37-26-30-40(31-27-37)49-44-20-7-8-21-45(44)50-51(54-49)55-32-10-9-23-48(55)53-50/h1-34H/b19-12?,22-12?,43-19?,43-34?,46-22?,47-34-,52-46?,52-47?. The van der Waals surface area contributed by atoms with E-state index in [1.165, 1.54) is 11.1 Å². The molecule has 4 heteroatoms. The second-order valence-electron chi connectivity index (χ2n) is 13.7. The molecule has 9 aromatic rings. The molecule has 0 spiro atoms. The van der Waals surface area contributed by atoms with Gasteiger partial charge in [-0.05, 0) is 63.7 Å². The third kappa shape index (κ3) is 6.16. The topological polar surface area (TPSA) is 42.5 Å². The first-order chi connectivity index (χ1) is 27.2. The fourth-order valence-corrected chi connectivity index (χ4v) is 7.45. The van der Waals surface area contributed by atoms with Crippen molar-refractivity contribution < 1.29 is 0 Å². The summed E-state index contributed by atoms with van der Waals surface area (Å²) in [5.41, 5.74) is 15.6. The van der Waals surface area contributed by atoms with Crippen molar-refractivity contribution in [1.29, 1.82) is 0 Å². The molecule has 0 fully saturated rings. The maximum Gasteiger partial charge on any atom is 0.165 e. The molecule has 0 radical (unpaired) electrons. The van der Waals surface area contributed by atoms with Crippen molar-refractivity contribution in [2.24, 2.45) is 4.99 Å². The first-order valence-corrected chi connectivity index (χ1v) is 18.5. The molecule has 0 saturated heterocycles. The summed E-state index contributed by atoms with van der Waals surface area (Å²) in [6.45, 7) is 0. The monoisotopic (exact) mass is 702 g/mol. The van der Waals surface area contributed by atoms with E-state index in [1.54, 1.807) is 0 Å². The molecule has 0 amide bonds. The van der Waals surface area contributed by atoms with E-state index in [4.69, 9.17) is 15.0 Å². The zero-order valence-corrected chi connectivity index (χ0v) is 29.9. The molecule has 0 saturated carbocycles. The number of hydrogen-bond acceptors (Lipinski definition) is 3. The number of allylic oxidation sites excluding steroid dienone is 5. The first kappa shape index (κ1) is 32.2. The van der Waals surface area contributed by atoms with Crippen molar-refractivity contribution in [2.45, 2.75) is 0 Å². The summed E-state index contributed by atoms with van der Waals surface area (Å²) in [5.74, 6) is 0. The molecular formula is C51H34N4. The van der Waals surface area contributed by atoms with E-state index in [2.05, 4.69) is 180 Å². The van der Waals surface area contributed by atoms with Gasteiger partial charge in [0.1, 0.15) is 11.2 Å². The van der Waals surface area contributed by atoms with Crippen molar-refractivity contribution in [3.05, 3.63) is 223 Å². The molecule has 6 aromatic carbocycles. The lowest BCUT2D eigenvalue weighted by atomic mass is 9.96. The van der Waals surface area contributed by atoms with Crippen LogP contribution >= 0.6 is 0 Å². The van der Waals surface area contributed by atoms with Gasteiger partial charge in [-0.3, -0.25) is 4.40 Å². The number of imidazole rings is 1. The van der Waals surface area contributed by atoms with E-state index in [9.17, 15) is 0 Å². The lowest BCUT2D eigenvalue weighted by molar-refractivity contribution is 1.19. The van der Waals surface area contributed by atoms with E-state index in [-0.39, 0.29) is 0 Å². The molecule has 0 aliphatic carbocycles. The van der Waals surface area contributed by atoms with Crippen LogP contribution in [-0.4, -0.2) is 20.1 Å². The highest BCUT2D eigenvalue weighted by Gasteiger charge is 2.15. The number of rotatable bonds is 6. The third-order valence-electron chi connectivity index (χ3n) is 10.3. The predicted octanol–water partition coefficient (Wildman–Crippen LogP) is 12.5. The zero-order valence-electron chi connectivity index (χ0n) is 29.9. The van der Waals surface area contributed by atoms with Gasteiger partial charge in [-0.25, -0.2) is 15.0 Å². The molecule has 258 valence electrons. The van der Waals surface area contributed by atoms with Crippen LogP contribution in [0.25, 0.3) is 72.4 Å². The number of nitrogens with zero attached hydrogens (tertiary/aromatic N) is 4. The molecule has 1 aliphatic heterocycles. The van der Waals surface area contributed by atoms with Crippen LogP contribution in [0.1, 0.15) is 16.7 Å². The van der Waals surface area contributed by atoms with Crippen molar-refractivity contribution in [2.75, 3.05) is 0 Å². The smallest absolute Gasteiger partial charge is 0.165 e. The predicted molar refractivity (Wildman–Crippen MR) is 229 cm³/mol. The van der Waals surface area contributed by atoms with Gasteiger partial charge in [0.15, 0.2) is 5.65 Å². The van der Waals surface area contributed by atoms with Crippen LogP contribution in [0.3, 0.4) is 0 Å². The van der Waals surface area contributed by atoms with E-state index in [0.717, 1.165) is 83.6 Å². The molecule has 1 aliphatic rings. The molecule has 0 unspecified atom stereocenters. The Balaban J connectivity index is 0.963. The Morgan fingerprint density at radius 1 is 0.436 bits per heavy atom. The molecule has 0 N–H and O–H groups in total. The molecule has 4 nitrogen and oxygen atoms in total. The van der Waals surface area contributed by atoms with Gasteiger partial charge in [-0.15, -0.1) is 0 Å². The van der Waals surface area contributed by atoms with Crippen molar-refractivity contribution in [1.82, 2.24) is 14.4 Å². The fourth-order valence-electron chi connectivity index (χ4n) is 7.45. The van der Waals surface area contributed by atoms with E-state index in [0.29, 0.717) is 0 Å². The van der Waals surface area contributed by atoms with Gasteiger partial charge in [-0.2, -0.15) is 0 Å². The van der Waals surface area contributed by atoms with Crippen molar-refractivity contribution >= 4 is 44.6 Å². The number of aromatic nitrogens is 3. The molecular weight excluding hydrogens is 669 g/mol. The highest BCUT2D eigenvalue weighted by atomic mass is 15.1.